The van der Waals surface area contributed by atoms with Gasteiger partial charge in [0.2, 0.25) is 0 Å². The zero-order valence-corrected chi connectivity index (χ0v) is 16.5. The smallest absolute Gasteiger partial charge is 0.260 e. The number of benzene rings is 2. The van der Waals surface area contributed by atoms with Crippen molar-refractivity contribution in [3.05, 3.63) is 64.6 Å². The molecule has 2 aromatic rings. The van der Waals surface area contributed by atoms with Crippen LogP contribution in [0, 0.1) is 0 Å². The normalized spacial score (nSPS) is 17.3. The summed E-state index contributed by atoms with van der Waals surface area (Å²) >= 11 is 3.39. The van der Waals surface area contributed by atoms with Crippen molar-refractivity contribution in [1.29, 1.82) is 0 Å². The lowest BCUT2D eigenvalue weighted by Crippen LogP contribution is -2.47. The summed E-state index contributed by atoms with van der Waals surface area (Å²) in [7, 11) is 0. The molecule has 2 aromatic carbocycles. The van der Waals surface area contributed by atoms with Crippen LogP contribution >= 0.6 is 15.9 Å². The summed E-state index contributed by atoms with van der Waals surface area (Å²) in [4.78, 5) is 12.6. The first kappa shape index (κ1) is 18.9. The first-order valence-electron chi connectivity index (χ1n) is 8.92. The van der Waals surface area contributed by atoms with Crippen LogP contribution in [0.5, 0.6) is 5.75 Å². The fraction of sp³-hybridized carbons (Fsp3) is 0.381. The Bertz CT molecular complexity index is 712. The van der Waals surface area contributed by atoms with Crippen LogP contribution in [0.3, 0.4) is 0 Å². The Morgan fingerprint density at radius 2 is 1.81 bits per heavy atom. The van der Waals surface area contributed by atoms with E-state index in [9.17, 15) is 4.79 Å². The van der Waals surface area contributed by atoms with E-state index in [0.29, 0.717) is 12.3 Å². The number of hydrogen-bond acceptors (Lipinski definition) is 3. The molecule has 1 fully saturated rings. The number of carbonyl (C=O) groups is 1. The van der Waals surface area contributed by atoms with Gasteiger partial charge >= 0.3 is 0 Å². The van der Waals surface area contributed by atoms with Gasteiger partial charge in [0.25, 0.3) is 5.91 Å². The quantitative estimate of drug-likeness (QED) is 0.769. The third kappa shape index (κ3) is 4.65. The minimum atomic E-state index is -0.552. The van der Waals surface area contributed by atoms with Gasteiger partial charge in [-0.1, -0.05) is 46.3 Å². The maximum absolute atomic E-state index is 12.6. The molecule has 138 valence electrons. The predicted molar refractivity (Wildman–Crippen MR) is 105 cm³/mol. The van der Waals surface area contributed by atoms with Gasteiger partial charge < -0.3 is 14.8 Å². The van der Waals surface area contributed by atoms with Crippen molar-refractivity contribution in [2.24, 2.45) is 0 Å². The van der Waals surface area contributed by atoms with Crippen LogP contribution in [0.4, 0.5) is 0 Å². The summed E-state index contributed by atoms with van der Waals surface area (Å²) in [6.07, 6.45) is 1.25. The van der Waals surface area contributed by atoms with Crippen molar-refractivity contribution in [2.45, 2.75) is 31.3 Å². The number of ether oxygens (including phenoxy) is 2. The highest BCUT2D eigenvalue weighted by molar-refractivity contribution is 9.10. The third-order valence-corrected chi connectivity index (χ3v) is 5.46. The molecule has 0 aliphatic carbocycles. The summed E-state index contributed by atoms with van der Waals surface area (Å²) in [5.41, 5.74) is 1.18. The Kier molecular flexibility index (Phi) is 6.33. The summed E-state index contributed by atoms with van der Waals surface area (Å²) in [6, 6.07) is 17.9. The summed E-state index contributed by atoms with van der Waals surface area (Å²) in [5.74, 6) is 0.578. The van der Waals surface area contributed by atoms with Gasteiger partial charge in [-0.15, -0.1) is 0 Å². The van der Waals surface area contributed by atoms with Gasteiger partial charge in [0, 0.05) is 29.6 Å². The third-order valence-electron chi connectivity index (χ3n) is 4.93. The van der Waals surface area contributed by atoms with Crippen molar-refractivity contribution >= 4 is 21.8 Å². The van der Waals surface area contributed by atoms with E-state index in [2.05, 4.69) is 33.4 Å². The van der Waals surface area contributed by atoms with Crippen LogP contribution < -0.4 is 10.1 Å². The standard InChI is InChI=1S/C21H24BrNO3/c1-16(26-19-9-7-18(22)8-10-19)20(24)23-15-21(11-13-25-14-12-21)17-5-3-2-4-6-17/h2-10,16H,11-15H2,1H3,(H,23,24)/t16-/m0/s1. The van der Waals surface area contributed by atoms with Crippen molar-refractivity contribution in [3.8, 4) is 5.75 Å². The fourth-order valence-corrected chi connectivity index (χ4v) is 3.56. The van der Waals surface area contributed by atoms with Crippen LogP contribution in [0.1, 0.15) is 25.3 Å². The maximum Gasteiger partial charge on any atom is 0.260 e. The second-order valence-electron chi connectivity index (χ2n) is 6.69. The van der Waals surface area contributed by atoms with E-state index >= 15 is 0 Å². The maximum atomic E-state index is 12.6. The Hall–Kier alpha value is -1.85. The Morgan fingerprint density at radius 1 is 1.15 bits per heavy atom. The predicted octanol–water partition coefficient (Wildman–Crippen LogP) is 4.08. The van der Waals surface area contributed by atoms with Crippen LogP contribution in [0.15, 0.2) is 59.1 Å². The first-order valence-corrected chi connectivity index (χ1v) is 9.72. The Morgan fingerprint density at radius 3 is 2.46 bits per heavy atom. The minimum absolute atomic E-state index is 0.0769. The molecular weight excluding hydrogens is 394 g/mol. The minimum Gasteiger partial charge on any atom is -0.481 e. The van der Waals surface area contributed by atoms with E-state index < -0.39 is 6.10 Å². The van der Waals surface area contributed by atoms with E-state index in [1.807, 2.05) is 42.5 Å². The highest BCUT2D eigenvalue weighted by Crippen LogP contribution is 2.34. The van der Waals surface area contributed by atoms with Gasteiger partial charge in [0.15, 0.2) is 6.10 Å². The molecule has 3 rings (SSSR count). The lowest BCUT2D eigenvalue weighted by molar-refractivity contribution is -0.127. The van der Waals surface area contributed by atoms with Gasteiger partial charge in [0.1, 0.15) is 5.75 Å². The average Bonchev–Trinajstić information content (AvgIpc) is 2.69. The van der Waals surface area contributed by atoms with Crippen molar-refractivity contribution in [2.75, 3.05) is 19.8 Å². The van der Waals surface area contributed by atoms with Crippen LogP contribution in [0.25, 0.3) is 0 Å². The van der Waals surface area contributed by atoms with E-state index in [0.717, 1.165) is 30.5 Å². The lowest BCUT2D eigenvalue weighted by atomic mass is 9.74. The van der Waals surface area contributed by atoms with E-state index in [-0.39, 0.29) is 11.3 Å². The zero-order chi connectivity index (χ0) is 18.4. The van der Waals surface area contributed by atoms with E-state index in [4.69, 9.17) is 9.47 Å². The molecule has 1 saturated heterocycles. The molecule has 0 radical (unpaired) electrons. The number of carbonyl (C=O) groups excluding carboxylic acids is 1. The van der Waals surface area contributed by atoms with Crippen molar-refractivity contribution in [1.82, 2.24) is 5.32 Å². The molecule has 0 unspecified atom stereocenters. The molecule has 5 heteroatoms. The summed E-state index contributed by atoms with van der Waals surface area (Å²) in [5, 5.41) is 3.09. The largest absolute Gasteiger partial charge is 0.481 e. The van der Waals surface area contributed by atoms with E-state index in [1.165, 1.54) is 5.56 Å². The number of nitrogens with one attached hydrogen (secondary N) is 1. The molecule has 4 nitrogen and oxygen atoms in total. The molecule has 0 bridgehead atoms. The molecule has 1 aliphatic heterocycles. The second-order valence-corrected chi connectivity index (χ2v) is 7.61. The second kappa shape index (κ2) is 8.69. The molecule has 0 aromatic heterocycles. The number of hydrogen-bond donors (Lipinski definition) is 1. The van der Waals surface area contributed by atoms with Crippen LogP contribution in [-0.4, -0.2) is 31.8 Å². The van der Waals surface area contributed by atoms with Crippen LogP contribution in [0.2, 0.25) is 0 Å². The molecule has 26 heavy (non-hydrogen) atoms. The lowest BCUT2D eigenvalue weighted by Gasteiger charge is -2.38. The van der Waals surface area contributed by atoms with Crippen molar-refractivity contribution in [3.63, 3.8) is 0 Å². The van der Waals surface area contributed by atoms with Crippen molar-refractivity contribution < 1.29 is 14.3 Å². The number of rotatable bonds is 6. The molecule has 1 N–H and O–H groups in total. The fourth-order valence-electron chi connectivity index (χ4n) is 3.29. The van der Waals surface area contributed by atoms with Gasteiger partial charge in [-0.25, -0.2) is 0 Å². The van der Waals surface area contributed by atoms with Gasteiger partial charge in [0.05, 0.1) is 0 Å². The average molecular weight is 418 g/mol. The van der Waals surface area contributed by atoms with Crippen LogP contribution in [-0.2, 0) is 14.9 Å². The van der Waals surface area contributed by atoms with Gasteiger partial charge in [-0.2, -0.15) is 0 Å². The topological polar surface area (TPSA) is 47.6 Å². The molecule has 1 heterocycles. The summed E-state index contributed by atoms with van der Waals surface area (Å²) in [6.45, 7) is 3.80. The molecular formula is C21H24BrNO3. The van der Waals surface area contributed by atoms with Gasteiger partial charge in [-0.3, -0.25) is 4.79 Å². The highest BCUT2D eigenvalue weighted by atomic mass is 79.9. The monoisotopic (exact) mass is 417 g/mol. The first-order chi connectivity index (χ1) is 12.6. The SMILES string of the molecule is C[C@H](Oc1ccc(Br)cc1)C(=O)NCC1(c2ccccc2)CCOCC1. The van der Waals surface area contributed by atoms with Gasteiger partial charge in [-0.05, 0) is 49.6 Å². The highest BCUT2D eigenvalue weighted by Gasteiger charge is 2.35. The number of halogens is 1. The molecule has 1 aliphatic rings. The Labute approximate surface area is 163 Å². The Balaban J connectivity index is 1.63. The number of amides is 1. The summed E-state index contributed by atoms with van der Waals surface area (Å²) < 4.78 is 12.3. The van der Waals surface area contributed by atoms with E-state index in [1.54, 1.807) is 6.92 Å². The molecule has 0 saturated carbocycles. The molecule has 0 spiro atoms. The molecule has 1 atom stereocenters. The zero-order valence-electron chi connectivity index (χ0n) is 14.9. The molecule has 1 amide bonds.